The number of alkyl halides is 12. The first-order valence-corrected chi connectivity index (χ1v) is 50.9. The summed E-state index contributed by atoms with van der Waals surface area (Å²) < 4.78 is 182. The molecule has 0 spiro atoms. The van der Waals surface area contributed by atoms with E-state index in [2.05, 4.69) is 6.92 Å². The number of methoxy groups -OCH3 is 1. The fourth-order valence-electron chi connectivity index (χ4n) is 20.2. The molecular weight excluding hydrogens is 2080 g/mol. The average Bonchev–Trinajstić information content (AvgIpc) is 1.64. The van der Waals surface area contributed by atoms with E-state index < -0.39 is 47.0 Å². The van der Waals surface area contributed by atoms with E-state index in [1.54, 1.807) is 146 Å². The third kappa shape index (κ3) is 24.9. The number of esters is 3. The predicted octanol–water partition coefficient (Wildman–Crippen LogP) is 29.4. The molecule has 16 rings (SSSR count). The summed E-state index contributed by atoms with van der Waals surface area (Å²) in [5.74, 6) is -1.44. The van der Waals surface area contributed by atoms with Gasteiger partial charge in [-0.15, -0.1) is 0 Å². The van der Waals surface area contributed by atoms with Crippen molar-refractivity contribution in [3.05, 3.63) is 273 Å². The number of likely N-dealkylation sites (tertiary alicyclic amines) is 3. The lowest BCUT2D eigenvalue weighted by molar-refractivity contribution is -0.152. The van der Waals surface area contributed by atoms with Gasteiger partial charge in [-0.05, 0) is 282 Å². The smallest absolute Gasteiger partial charge is 0.416 e. The number of hydrogen-bond acceptors (Lipinski definition) is 10. The Kier molecular flexibility index (Phi) is 35.7. The second kappa shape index (κ2) is 46.2. The van der Waals surface area contributed by atoms with E-state index in [1.807, 2.05) is 43.0 Å². The third-order valence-corrected chi connectivity index (χ3v) is 32.0. The molecule has 3 aliphatic heterocycles. The molecule has 7 heterocycles. The van der Waals surface area contributed by atoms with Crippen molar-refractivity contribution < 1.29 is 100 Å². The molecular formula is C109H111Cl8F12N7O10. The molecule has 782 valence electrons. The van der Waals surface area contributed by atoms with Crippen LogP contribution in [-0.2, 0) is 107 Å². The van der Waals surface area contributed by atoms with Gasteiger partial charge in [0.25, 0.3) is 17.7 Å². The van der Waals surface area contributed by atoms with Gasteiger partial charge in [-0.1, -0.05) is 114 Å². The van der Waals surface area contributed by atoms with E-state index in [-0.39, 0.29) is 111 Å². The van der Waals surface area contributed by atoms with Gasteiger partial charge in [-0.3, -0.25) is 33.6 Å². The Morgan fingerprint density at radius 1 is 0.349 bits per heavy atom. The van der Waals surface area contributed by atoms with Crippen molar-refractivity contribution in [3.63, 3.8) is 0 Å². The molecule has 3 amide bonds. The van der Waals surface area contributed by atoms with Crippen LogP contribution in [-0.4, -0.2) is 134 Å². The van der Waals surface area contributed by atoms with Crippen molar-refractivity contribution >= 4 is 178 Å². The van der Waals surface area contributed by atoms with Gasteiger partial charge in [0.2, 0.25) is 0 Å². The molecule has 4 atom stereocenters. The fourth-order valence-corrected chi connectivity index (χ4v) is 22.5. The molecule has 8 aromatic carbocycles. The van der Waals surface area contributed by atoms with E-state index in [9.17, 15) is 86.2 Å². The van der Waals surface area contributed by atoms with Gasteiger partial charge in [0.05, 0.1) is 97.1 Å². The van der Waals surface area contributed by atoms with Crippen LogP contribution in [0.25, 0.3) is 43.6 Å². The highest BCUT2D eigenvalue weighted by molar-refractivity contribution is 6.40. The summed E-state index contributed by atoms with van der Waals surface area (Å²) in [5.41, 5.74) is 7.61. The third-order valence-electron chi connectivity index (χ3n) is 28.8. The molecule has 4 aromatic heterocycles. The molecule has 1 saturated carbocycles. The summed E-state index contributed by atoms with van der Waals surface area (Å²) in [6.45, 7) is 19.7. The number of halogens is 20. The zero-order valence-electron chi connectivity index (χ0n) is 82.7. The van der Waals surface area contributed by atoms with Crippen molar-refractivity contribution in [3.8, 4) is 0 Å². The van der Waals surface area contributed by atoms with Gasteiger partial charge >= 0.3 is 42.6 Å². The minimum absolute atomic E-state index is 0.0714. The first-order chi connectivity index (χ1) is 68.5. The maximum atomic E-state index is 13.4. The zero-order chi connectivity index (χ0) is 107. The number of nitrogens with zero attached hydrogens (tertiary/aromatic N) is 7. The summed E-state index contributed by atoms with van der Waals surface area (Å²) in [6.07, 6.45) is -10.6. The molecule has 12 aromatic rings. The highest BCUT2D eigenvalue weighted by atomic mass is 35.5. The lowest BCUT2D eigenvalue weighted by Crippen LogP contribution is -2.45. The monoisotopic (exact) mass is 2190 g/mol. The van der Waals surface area contributed by atoms with Gasteiger partial charge in [0, 0.05) is 192 Å². The minimum atomic E-state index is -4.45. The second-order valence-electron chi connectivity index (χ2n) is 38.5. The minimum Gasteiger partial charge on any atom is -0.469 e. The van der Waals surface area contributed by atoms with E-state index >= 15 is 0 Å². The van der Waals surface area contributed by atoms with Crippen molar-refractivity contribution in [2.24, 2.45) is 69.6 Å². The van der Waals surface area contributed by atoms with Crippen LogP contribution in [0.1, 0.15) is 223 Å². The first kappa shape index (κ1) is 113. The van der Waals surface area contributed by atoms with Crippen LogP contribution < -0.4 is 0 Å². The van der Waals surface area contributed by atoms with Crippen molar-refractivity contribution in [1.82, 2.24) is 33.0 Å². The molecule has 0 bridgehead atoms. The Labute approximate surface area is 878 Å². The molecule has 4 aliphatic rings. The highest BCUT2D eigenvalue weighted by Gasteiger charge is 2.42. The van der Waals surface area contributed by atoms with Gasteiger partial charge in [0.15, 0.2) is 5.78 Å². The van der Waals surface area contributed by atoms with E-state index in [0.29, 0.717) is 238 Å². The summed E-state index contributed by atoms with van der Waals surface area (Å²) in [4.78, 5) is 94.6. The van der Waals surface area contributed by atoms with Crippen molar-refractivity contribution in [1.29, 1.82) is 0 Å². The number of carbonyl (C=O) groups excluding carboxylic acids is 7. The average molecular weight is 2190 g/mol. The lowest BCUT2D eigenvalue weighted by atomic mass is 9.79. The summed E-state index contributed by atoms with van der Waals surface area (Å²) in [6, 6.07) is 29.5. The van der Waals surface area contributed by atoms with Crippen LogP contribution >= 0.6 is 92.8 Å². The number of Topliss-reactive ketones (excluding diaryl/α,β-unsaturated/α-hetero) is 1. The molecule has 1 aliphatic carbocycles. The lowest BCUT2D eigenvalue weighted by Gasteiger charge is -2.36. The molecule has 4 fully saturated rings. The standard InChI is InChI=1S/2C28H29Cl2F3N2O3.C28H28Cl2F3NO3.C25H25Cl2F3N2O/c2*1-5-38-27(37)19-8-9-35(14-16(19)3)26(36)20-6-7-23(29)22(25(20)30)13-18-12-21-15(2)10-17(28(31,32)33)11-24(21)34(18)4;1-15-10-18(28(31,32)33)12-24-21(15)13-19(34(24)2)14-22-23(29)9-8-20(26(22)30)25(35)11-16-4-6-17(7-5-16)27(36)37-3;1-14-6-8-32(9-7-14)24(33)18-4-5-21(26)20(23(18)27)13-17-12-19-15(2)10-16(25(28,29)30)11-22(19)31(17)3/h2*6-7,10-12,16,19H,5,8-9,13-14H2,1-4H3;8-10,12-13,16-17H,4-7,11,14H2,1-3H3;4-5,10-12,14H,6-9,13H2,1-3H3/t2*16-,19-;;/m10../s1. The quantitative estimate of drug-likeness (QED) is 0.0328. The molecule has 37 heteroatoms. The Bertz CT molecular complexity index is 6810. The Morgan fingerprint density at radius 3 is 0.884 bits per heavy atom. The SMILES string of the molecule is CCOC(=O)[C@@H]1CCN(C(=O)c2ccc(Cl)c(Cc3cc4c(C)cc(C(F)(F)F)cc4n3C)c2Cl)C[C@H]1C.CCOC(=O)[C@H]1CCN(C(=O)c2ccc(Cl)c(Cc3cc4c(C)cc(C(F)(F)F)cc4n3C)c2Cl)C[C@@H]1C.COC(=O)C1CCC(CC(=O)c2ccc(Cl)c(Cc3cc4c(C)cc(C(F)(F)F)cc4n3C)c2Cl)CC1.Cc1cc(C(F)(F)F)cc2c1cc(Cc1c(Cl)ccc(C(=O)N3CCC(C)CC3)c1Cl)n2C. The number of carbonyl (C=O) groups is 7. The topological polar surface area (TPSA) is 177 Å². The molecule has 17 nitrogen and oxygen atoms in total. The summed E-state index contributed by atoms with van der Waals surface area (Å²) in [5, 5.41) is 5.36. The predicted molar refractivity (Wildman–Crippen MR) is 548 cm³/mol. The maximum absolute atomic E-state index is 13.4. The number of fused-ring (bicyclic) bond motifs is 4. The molecule has 0 N–H and O–H groups in total. The number of aryl methyl sites for hydroxylation is 8. The molecule has 146 heavy (non-hydrogen) atoms. The van der Waals surface area contributed by atoms with Gasteiger partial charge < -0.3 is 47.2 Å². The van der Waals surface area contributed by atoms with Crippen LogP contribution in [0.5, 0.6) is 0 Å². The number of hydrogen-bond donors (Lipinski definition) is 0. The number of rotatable bonds is 19. The number of aromatic nitrogens is 4. The Hall–Kier alpha value is -10.1. The van der Waals surface area contributed by atoms with Crippen LogP contribution in [0.2, 0.25) is 40.2 Å². The van der Waals surface area contributed by atoms with Gasteiger partial charge in [-0.25, -0.2) is 0 Å². The van der Waals surface area contributed by atoms with Crippen LogP contribution in [0, 0.1) is 69.1 Å². The first-order valence-electron chi connectivity index (χ1n) is 47.9. The van der Waals surface area contributed by atoms with Crippen molar-refractivity contribution in [2.45, 2.75) is 170 Å². The number of ether oxygens (including phenoxy) is 3. The summed E-state index contributed by atoms with van der Waals surface area (Å²) >= 11 is 52.8. The number of benzene rings is 8. The fraction of sp³-hybridized carbons (Fsp3) is 0.422. The number of piperidine rings is 3. The molecule has 0 radical (unpaired) electrons. The number of amides is 3. The normalized spacial score (nSPS) is 17.6. The molecule has 3 saturated heterocycles. The second-order valence-corrected chi connectivity index (χ2v) is 41.7. The highest BCUT2D eigenvalue weighted by Crippen LogP contribution is 2.46. The van der Waals surface area contributed by atoms with Crippen molar-refractivity contribution in [2.75, 3.05) is 59.6 Å². The Morgan fingerprint density at radius 2 is 0.616 bits per heavy atom. The summed E-state index contributed by atoms with van der Waals surface area (Å²) in [7, 11) is 8.21. The van der Waals surface area contributed by atoms with Gasteiger partial charge in [0.1, 0.15) is 0 Å². The zero-order valence-corrected chi connectivity index (χ0v) is 88.8. The van der Waals surface area contributed by atoms with Crippen LogP contribution in [0.4, 0.5) is 52.7 Å². The number of ketones is 1. The van der Waals surface area contributed by atoms with E-state index in [4.69, 9.17) is 107 Å². The van der Waals surface area contributed by atoms with Crippen LogP contribution in [0.15, 0.2) is 121 Å². The van der Waals surface area contributed by atoms with E-state index in [0.717, 1.165) is 91.0 Å². The Balaban J connectivity index is 0.000000163. The van der Waals surface area contributed by atoms with Gasteiger partial charge in [-0.2, -0.15) is 52.7 Å². The van der Waals surface area contributed by atoms with Crippen LogP contribution in [0.3, 0.4) is 0 Å². The molecule has 0 unspecified atom stereocenters. The maximum Gasteiger partial charge on any atom is 0.416 e. The largest absolute Gasteiger partial charge is 0.469 e. The van der Waals surface area contributed by atoms with E-state index in [1.165, 1.54) is 7.11 Å².